The highest BCUT2D eigenvalue weighted by atomic mass is 35.5. The lowest BCUT2D eigenvalue weighted by molar-refractivity contribution is -0.142. The smallest absolute Gasteiger partial charge is 0.243 e. The summed E-state index contributed by atoms with van der Waals surface area (Å²) in [7, 11) is -3.53. The maximum atomic E-state index is 13.5. The molecule has 0 radical (unpaired) electrons. The molecular weight excluding hydrogens is 510 g/mol. The predicted molar refractivity (Wildman–Crippen MR) is 151 cm³/mol. The van der Waals surface area contributed by atoms with Crippen molar-refractivity contribution in [1.82, 2.24) is 10.2 Å². The van der Waals surface area contributed by atoms with Gasteiger partial charge in [-0.2, -0.15) is 0 Å². The van der Waals surface area contributed by atoms with E-state index < -0.39 is 21.6 Å². The Hall–Kier alpha value is -2.58. The van der Waals surface area contributed by atoms with Gasteiger partial charge >= 0.3 is 0 Å². The molecule has 2 aromatic rings. The number of hydrogen-bond donors (Lipinski definition) is 1. The molecule has 2 amide bonds. The molecule has 0 spiro atoms. The van der Waals surface area contributed by atoms with Crippen LogP contribution in [-0.4, -0.2) is 49.5 Å². The Bertz CT molecular complexity index is 1140. The van der Waals surface area contributed by atoms with Gasteiger partial charge in [0.2, 0.25) is 21.8 Å². The largest absolute Gasteiger partial charge is 0.350 e. The minimum Gasteiger partial charge on any atom is -0.350 e. The Labute approximate surface area is 227 Å². The standard InChI is InChI=1S/C28H40ClN3O4S/c1-7-21-13-17-24(18-14-21)32(37(6,35)36)19-9-10-26(33)31(20-22-11-15-23(29)16-12-22)25(8-2)27(34)30-28(3,4)5/h11-18,25H,7-10,19-20H2,1-6H3,(H,30,34). The second-order valence-electron chi connectivity index (χ2n) is 10.3. The number of benzene rings is 2. The third kappa shape index (κ3) is 9.67. The number of carbonyl (C=O) groups is 2. The van der Waals surface area contributed by atoms with Crippen LogP contribution in [0.5, 0.6) is 0 Å². The number of anilines is 1. The zero-order valence-electron chi connectivity index (χ0n) is 22.8. The lowest BCUT2D eigenvalue weighted by atomic mass is 10.0. The van der Waals surface area contributed by atoms with E-state index in [4.69, 9.17) is 11.6 Å². The Morgan fingerprint density at radius 3 is 2.03 bits per heavy atom. The van der Waals surface area contributed by atoms with Crippen LogP contribution in [0.4, 0.5) is 5.69 Å². The molecule has 37 heavy (non-hydrogen) atoms. The van der Waals surface area contributed by atoms with E-state index in [1.165, 1.54) is 10.6 Å². The fraction of sp³-hybridized carbons (Fsp3) is 0.500. The average molecular weight is 550 g/mol. The zero-order chi connectivity index (χ0) is 27.8. The van der Waals surface area contributed by atoms with Gasteiger partial charge in [0.15, 0.2) is 0 Å². The fourth-order valence-electron chi connectivity index (χ4n) is 4.06. The minimum absolute atomic E-state index is 0.103. The summed E-state index contributed by atoms with van der Waals surface area (Å²) in [6.07, 6.45) is 2.89. The van der Waals surface area contributed by atoms with E-state index in [1.807, 2.05) is 58.9 Å². The molecule has 1 unspecified atom stereocenters. The summed E-state index contributed by atoms with van der Waals surface area (Å²) in [5, 5.41) is 3.57. The van der Waals surface area contributed by atoms with Gasteiger partial charge in [-0.05, 0) is 75.4 Å². The molecule has 0 fully saturated rings. The number of carbonyl (C=O) groups excluding carboxylic acids is 2. The average Bonchev–Trinajstić information content (AvgIpc) is 2.81. The summed E-state index contributed by atoms with van der Waals surface area (Å²) in [6, 6.07) is 13.9. The number of rotatable bonds is 12. The van der Waals surface area contributed by atoms with Crippen LogP contribution in [0.15, 0.2) is 48.5 Å². The zero-order valence-corrected chi connectivity index (χ0v) is 24.3. The van der Waals surface area contributed by atoms with Crippen molar-refractivity contribution in [2.45, 2.75) is 78.4 Å². The lowest BCUT2D eigenvalue weighted by Gasteiger charge is -2.33. The normalized spacial score (nSPS) is 12.6. The lowest BCUT2D eigenvalue weighted by Crippen LogP contribution is -2.53. The first-order chi connectivity index (χ1) is 17.2. The Kier molecular flexibility index (Phi) is 11.0. The van der Waals surface area contributed by atoms with Gasteiger partial charge in [-0.25, -0.2) is 8.42 Å². The number of halogens is 1. The Morgan fingerprint density at radius 2 is 1.54 bits per heavy atom. The van der Waals surface area contributed by atoms with E-state index in [0.29, 0.717) is 23.6 Å². The van der Waals surface area contributed by atoms with Crippen molar-refractivity contribution in [2.24, 2.45) is 0 Å². The molecule has 2 aromatic carbocycles. The molecule has 0 aliphatic heterocycles. The molecule has 2 rings (SSSR count). The summed E-state index contributed by atoms with van der Waals surface area (Å²) >= 11 is 6.03. The van der Waals surface area contributed by atoms with Crippen LogP contribution in [0.2, 0.25) is 5.02 Å². The molecule has 1 atom stereocenters. The number of amides is 2. The van der Waals surface area contributed by atoms with Gasteiger partial charge in [0.05, 0.1) is 11.9 Å². The molecular formula is C28H40ClN3O4S. The highest BCUT2D eigenvalue weighted by Gasteiger charge is 2.30. The maximum absolute atomic E-state index is 13.5. The first kappa shape index (κ1) is 30.6. The molecule has 0 heterocycles. The third-order valence-corrected chi connectivity index (χ3v) is 7.38. The van der Waals surface area contributed by atoms with Crippen molar-refractivity contribution in [2.75, 3.05) is 17.1 Å². The van der Waals surface area contributed by atoms with Crippen LogP contribution in [0.25, 0.3) is 0 Å². The molecule has 9 heteroatoms. The number of sulfonamides is 1. The van der Waals surface area contributed by atoms with Gasteiger partial charge in [0.1, 0.15) is 6.04 Å². The van der Waals surface area contributed by atoms with Gasteiger partial charge in [-0.3, -0.25) is 13.9 Å². The number of nitrogens with zero attached hydrogens (tertiary/aromatic N) is 2. The van der Waals surface area contributed by atoms with Crippen molar-refractivity contribution >= 4 is 39.1 Å². The van der Waals surface area contributed by atoms with Crippen molar-refractivity contribution in [3.8, 4) is 0 Å². The SMILES string of the molecule is CCc1ccc(N(CCCC(=O)N(Cc2ccc(Cl)cc2)C(CC)C(=O)NC(C)(C)C)S(C)(=O)=O)cc1. The van der Waals surface area contributed by atoms with Crippen LogP contribution in [0.1, 0.15) is 65.0 Å². The topological polar surface area (TPSA) is 86.8 Å². The maximum Gasteiger partial charge on any atom is 0.243 e. The fourth-order valence-corrected chi connectivity index (χ4v) is 5.15. The molecule has 0 bridgehead atoms. The molecule has 0 saturated heterocycles. The van der Waals surface area contributed by atoms with Crippen LogP contribution in [0, 0.1) is 0 Å². The first-order valence-electron chi connectivity index (χ1n) is 12.7. The van der Waals surface area contributed by atoms with E-state index in [-0.39, 0.29) is 31.3 Å². The molecule has 1 N–H and O–H groups in total. The second-order valence-corrected chi connectivity index (χ2v) is 12.6. The van der Waals surface area contributed by atoms with E-state index in [1.54, 1.807) is 29.2 Å². The van der Waals surface area contributed by atoms with Gasteiger partial charge in [-0.15, -0.1) is 0 Å². The van der Waals surface area contributed by atoms with Crippen LogP contribution < -0.4 is 9.62 Å². The number of hydrogen-bond acceptors (Lipinski definition) is 4. The molecule has 0 aliphatic rings. The van der Waals surface area contributed by atoms with Gasteiger partial charge in [0.25, 0.3) is 0 Å². The van der Waals surface area contributed by atoms with Crippen molar-refractivity contribution in [1.29, 1.82) is 0 Å². The quantitative estimate of drug-likeness (QED) is 0.395. The molecule has 0 saturated carbocycles. The summed E-state index contributed by atoms with van der Waals surface area (Å²) in [5.74, 6) is -0.424. The van der Waals surface area contributed by atoms with E-state index in [9.17, 15) is 18.0 Å². The van der Waals surface area contributed by atoms with Crippen molar-refractivity contribution in [3.05, 3.63) is 64.7 Å². The van der Waals surface area contributed by atoms with Crippen LogP contribution >= 0.6 is 11.6 Å². The van der Waals surface area contributed by atoms with Crippen molar-refractivity contribution in [3.63, 3.8) is 0 Å². The predicted octanol–water partition coefficient (Wildman–Crippen LogP) is 5.17. The summed E-state index contributed by atoms with van der Waals surface area (Å²) in [5.41, 5.74) is 2.10. The van der Waals surface area contributed by atoms with E-state index in [0.717, 1.165) is 17.5 Å². The Balaban J connectivity index is 2.22. The van der Waals surface area contributed by atoms with Gasteiger partial charge in [-0.1, -0.05) is 49.7 Å². The summed E-state index contributed by atoms with van der Waals surface area (Å²) < 4.78 is 26.3. The monoisotopic (exact) mass is 549 g/mol. The minimum atomic E-state index is -3.53. The number of nitrogens with one attached hydrogen (secondary N) is 1. The third-order valence-electron chi connectivity index (χ3n) is 5.94. The summed E-state index contributed by atoms with van der Waals surface area (Å²) in [4.78, 5) is 28.2. The number of aryl methyl sites for hydroxylation is 1. The van der Waals surface area contributed by atoms with Crippen LogP contribution in [0.3, 0.4) is 0 Å². The summed E-state index contributed by atoms with van der Waals surface area (Å²) in [6.45, 7) is 10.0. The highest BCUT2D eigenvalue weighted by molar-refractivity contribution is 7.92. The molecule has 7 nitrogen and oxygen atoms in total. The van der Waals surface area contributed by atoms with E-state index >= 15 is 0 Å². The second kappa shape index (κ2) is 13.3. The molecule has 204 valence electrons. The highest BCUT2D eigenvalue weighted by Crippen LogP contribution is 2.21. The first-order valence-corrected chi connectivity index (χ1v) is 14.9. The Morgan fingerprint density at radius 1 is 0.973 bits per heavy atom. The van der Waals surface area contributed by atoms with E-state index in [2.05, 4.69) is 5.32 Å². The van der Waals surface area contributed by atoms with Gasteiger partial charge in [0, 0.05) is 30.1 Å². The molecule has 0 aromatic heterocycles. The van der Waals surface area contributed by atoms with Crippen molar-refractivity contribution < 1.29 is 18.0 Å². The van der Waals surface area contributed by atoms with Gasteiger partial charge < -0.3 is 10.2 Å². The van der Waals surface area contributed by atoms with Crippen LogP contribution in [-0.2, 0) is 32.6 Å². The molecule has 0 aliphatic carbocycles.